The number of halogens is 3. The van der Waals surface area contributed by atoms with Crippen LogP contribution in [0.2, 0.25) is 0 Å². The number of alkyl halides is 3. The molecule has 0 aliphatic heterocycles. The number of ether oxygens (including phenoxy) is 2. The third-order valence-corrected chi connectivity index (χ3v) is 3.09. The number of aromatic nitrogens is 2. The first-order valence-electron chi connectivity index (χ1n) is 6.87. The fourth-order valence-electron chi connectivity index (χ4n) is 1.98. The second-order valence-corrected chi connectivity index (χ2v) is 4.78. The highest BCUT2D eigenvalue weighted by atomic mass is 19.4. The Morgan fingerprint density at radius 1 is 1.32 bits per heavy atom. The highest BCUT2D eigenvalue weighted by Crippen LogP contribution is 2.23. The van der Waals surface area contributed by atoms with Crippen LogP contribution in [0.4, 0.5) is 19.0 Å². The lowest BCUT2D eigenvalue weighted by molar-refractivity contribution is -0.392. The molecule has 1 aromatic heterocycles. The summed E-state index contributed by atoms with van der Waals surface area (Å²) >= 11 is 0. The van der Waals surface area contributed by atoms with Crippen molar-refractivity contribution in [2.24, 2.45) is 0 Å². The van der Waals surface area contributed by atoms with E-state index in [1.165, 1.54) is 4.57 Å². The third kappa shape index (κ3) is 4.93. The number of benzene rings is 1. The molecule has 0 aliphatic rings. The van der Waals surface area contributed by atoms with Gasteiger partial charge >= 0.3 is 18.1 Å². The van der Waals surface area contributed by atoms with E-state index in [1.807, 2.05) is 0 Å². The average Bonchev–Trinajstić information content (AvgIpc) is 2.88. The molecule has 0 N–H and O–H groups in total. The fraction of sp³-hybridized carbons (Fsp3) is 0.286. The Bertz CT molecular complexity index is 771. The summed E-state index contributed by atoms with van der Waals surface area (Å²) in [4.78, 5) is 25.9. The lowest BCUT2D eigenvalue weighted by atomic mass is 10.2. The smallest absolute Gasteiger partial charge is 0.458 e. The van der Waals surface area contributed by atoms with Crippen LogP contribution in [-0.4, -0.2) is 33.4 Å². The standard InChI is InChI=1S/C14H12F3N3O5/c1-9-18-8-12(20(22)23)19(9)6-7-24-13(21)10-2-4-11(5-3-10)25-14(15,16)17/h2-5,8H,6-7H2,1H3. The van der Waals surface area contributed by atoms with Gasteiger partial charge < -0.3 is 19.6 Å². The Morgan fingerprint density at radius 2 is 1.96 bits per heavy atom. The molecule has 0 radical (unpaired) electrons. The van der Waals surface area contributed by atoms with Crippen LogP contribution >= 0.6 is 0 Å². The quantitative estimate of drug-likeness (QED) is 0.447. The van der Waals surface area contributed by atoms with Crippen molar-refractivity contribution in [1.29, 1.82) is 0 Å². The van der Waals surface area contributed by atoms with E-state index < -0.39 is 23.0 Å². The van der Waals surface area contributed by atoms with E-state index in [0.717, 1.165) is 30.5 Å². The summed E-state index contributed by atoms with van der Waals surface area (Å²) in [6.45, 7) is 1.41. The van der Waals surface area contributed by atoms with E-state index in [1.54, 1.807) is 6.92 Å². The largest absolute Gasteiger partial charge is 0.573 e. The minimum Gasteiger partial charge on any atom is -0.458 e. The van der Waals surface area contributed by atoms with Crippen molar-refractivity contribution < 1.29 is 32.4 Å². The van der Waals surface area contributed by atoms with Gasteiger partial charge in [-0.05, 0) is 29.2 Å². The molecule has 2 rings (SSSR count). The van der Waals surface area contributed by atoms with Crippen molar-refractivity contribution in [2.45, 2.75) is 19.8 Å². The molecule has 1 aromatic carbocycles. The minimum absolute atomic E-state index is 0.0170. The SMILES string of the molecule is Cc1ncc([N+](=O)[O-])n1CCOC(=O)c1ccc(OC(F)(F)F)cc1. The van der Waals surface area contributed by atoms with Crippen LogP contribution in [0.5, 0.6) is 5.75 Å². The van der Waals surface area contributed by atoms with Crippen molar-refractivity contribution in [1.82, 2.24) is 9.55 Å². The molecule has 0 fully saturated rings. The van der Waals surface area contributed by atoms with Gasteiger partial charge in [-0.15, -0.1) is 13.2 Å². The highest BCUT2D eigenvalue weighted by molar-refractivity contribution is 5.89. The zero-order valence-corrected chi connectivity index (χ0v) is 12.8. The Labute approximate surface area is 138 Å². The summed E-state index contributed by atoms with van der Waals surface area (Å²) < 4.78 is 46.1. The molecule has 0 saturated carbocycles. The predicted octanol–water partition coefficient (Wildman–Crippen LogP) is 2.86. The molecule has 25 heavy (non-hydrogen) atoms. The van der Waals surface area contributed by atoms with E-state index in [-0.39, 0.29) is 24.5 Å². The van der Waals surface area contributed by atoms with Gasteiger partial charge in [0.15, 0.2) is 5.82 Å². The van der Waals surface area contributed by atoms with Gasteiger partial charge in [0.05, 0.1) is 5.56 Å². The average molecular weight is 359 g/mol. The number of hydrogen-bond donors (Lipinski definition) is 0. The molecule has 0 aliphatic carbocycles. The maximum absolute atomic E-state index is 12.1. The molecule has 0 unspecified atom stereocenters. The van der Waals surface area contributed by atoms with E-state index >= 15 is 0 Å². The van der Waals surface area contributed by atoms with Crippen LogP contribution in [0.15, 0.2) is 30.5 Å². The number of carbonyl (C=O) groups is 1. The Morgan fingerprint density at radius 3 is 2.52 bits per heavy atom. The van der Waals surface area contributed by atoms with Gasteiger partial charge in [0.1, 0.15) is 25.1 Å². The van der Waals surface area contributed by atoms with Gasteiger partial charge in [-0.25, -0.2) is 14.3 Å². The normalized spacial score (nSPS) is 11.2. The molecule has 2 aromatic rings. The lowest BCUT2D eigenvalue weighted by Crippen LogP contribution is -2.17. The van der Waals surface area contributed by atoms with E-state index in [9.17, 15) is 28.1 Å². The first kappa shape index (κ1) is 18.2. The van der Waals surface area contributed by atoms with Gasteiger partial charge in [0.2, 0.25) is 0 Å². The lowest BCUT2D eigenvalue weighted by Gasteiger charge is -2.09. The van der Waals surface area contributed by atoms with Crippen LogP contribution in [0.1, 0.15) is 16.2 Å². The number of carbonyl (C=O) groups excluding carboxylic acids is 1. The number of nitrogens with zero attached hydrogens (tertiary/aromatic N) is 3. The van der Waals surface area contributed by atoms with Crippen LogP contribution in [0, 0.1) is 17.0 Å². The Balaban J connectivity index is 1.93. The molecule has 0 atom stereocenters. The molecule has 8 nitrogen and oxygen atoms in total. The maximum atomic E-state index is 12.1. The molecular weight excluding hydrogens is 347 g/mol. The van der Waals surface area contributed by atoms with Gasteiger partial charge in [-0.3, -0.25) is 0 Å². The van der Waals surface area contributed by atoms with Crippen molar-refractivity contribution in [3.05, 3.63) is 52.0 Å². The summed E-state index contributed by atoms with van der Waals surface area (Å²) in [6.07, 6.45) is -3.73. The first-order chi connectivity index (χ1) is 11.7. The second-order valence-electron chi connectivity index (χ2n) is 4.78. The van der Waals surface area contributed by atoms with Crippen LogP contribution < -0.4 is 4.74 Å². The molecule has 0 bridgehead atoms. The van der Waals surface area contributed by atoms with Crippen molar-refractivity contribution in [2.75, 3.05) is 6.61 Å². The van der Waals surface area contributed by atoms with E-state index in [2.05, 4.69) is 9.72 Å². The summed E-state index contributed by atoms with van der Waals surface area (Å²) in [5, 5.41) is 10.8. The topological polar surface area (TPSA) is 96.5 Å². The molecule has 0 spiro atoms. The zero-order chi connectivity index (χ0) is 18.6. The molecular formula is C14H12F3N3O5. The molecule has 11 heteroatoms. The van der Waals surface area contributed by atoms with Gasteiger partial charge in [0.25, 0.3) is 0 Å². The zero-order valence-electron chi connectivity index (χ0n) is 12.8. The number of rotatable bonds is 6. The van der Waals surface area contributed by atoms with E-state index in [0.29, 0.717) is 5.82 Å². The number of aryl methyl sites for hydroxylation is 1. The van der Waals surface area contributed by atoms with Crippen LogP contribution in [0.3, 0.4) is 0 Å². The monoisotopic (exact) mass is 359 g/mol. The fourth-order valence-corrected chi connectivity index (χ4v) is 1.98. The molecule has 0 saturated heterocycles. The first-order valence-corrected chi connectivity index (χ1v) is 6.87. The summed E-state index contributed by atoms with van der Waals surface area (Å²) in [5.41, 5.74) is 0.0198. The second kappa shape index (κ2) is 7.20. The summed E-state index contributed by atoms with van der Waals surface area (Å²) in [5.74, 6) is -1.09. The minimum atomic E-state index is -4.82. The van der Waals surface area contributed by atoms with Crippen molar-refractivity contribution >= 4 is 11.8 Å². The third-order valence-electron chi connectivity index (χ3n) is 3.09. The molecule has 1 heterocycles. The van der Waals surface area contributed by atoms with Gasteiger partial charge in [0, 0.05) is 6.92 Å². The van der Waals surface area contributed by atoms with Crippen LogP contribution in [0.25, 0.3) is 0 Å². The summed E-state index contributed by atoms with van der Waals surface area (Å²) in [7, 11) is 0. The number of imidazole rings is 1. The Hall–Kier alpha value is -3.11. The van der Waals surface area contributed by atoms with Crippen LogP contribution in [-0.2, 0) is 11.3 Å². The maximum Gasteiger partial charge on any atom is 0.573 e. The summed E-state index contributed by atoms with van der Waals surface area (Å²) in [6, 6.07) is 4.20. The number of nitro groups is 1. The number of esters is 1. The van der Waals surface area contributed by atoms with Gasteiger partial charge in [-0.2, -0.15) is 0 Å². The van der Waals surface area contributed by atoms with Crippen molar-refractivity contribution in [3.8, 4) is 5.75 Å². The Kier molecular flexibility index (Phi) is 5.25. The molecule has 134 valence electrons. The van der Waals surface area contributed by atoms with E-state index in [4.69, 9.17) is 4.74 Å². The number of hydrogen-bond acceptors (Lipinski definition) is 6. The van der Waals surface area contributed by atoms with Crippen molar-refractivity contribution in [3.63, 3.8) is 0 Å². The highest BCUT2D eigenvalue weighted by Gasteiger charge is 2.31. The predicted molar refractivity (Wildman–Crippen MR) is 77.0 cm³/mol. The molecule has 0 amide bonds. The van der Waals surface area contributed by atoms with Gasteiger partial charge in [-0.1, -0.05) is 0 Å².